The first-order valence-electron chi connectivity index (χ1n) is 6.66. The van der Waals surface area contributed by atoms with E-state index in [0.717, 1.165) is 30.1 Å². The lowest BCUT2D eigenvalue weighted by Crippen LogP contribution is -2.25. The summed E-state index contributed by atoms with van der Waals surface area (Å²) in [5.41, 5.74) is 8.13. The molecule has 0 saturated heterocycles. The topological polar surface area (TPSA) is 42.1 Å². The zero-order valence-electron chi connectivity index (χ0n) is 10.8. The summed E-state index contributed by atoms with van der Waals surface area (Å²) in [6.07, 6.45) is 6.49. The van der Waals surface area contributed by atoms with E-state index in [1.165, 1.54) is 23.9 Å². The molecule has 2 N–H and O–H groups in total. The van der Waals surface area contributed by atoms with Crippen LogP contribution in [0.2, 0.25) is 0 Å². The average molecular weight is 241 g/mol. The molecule has 1 aliphatic rings. The first-order chi connectivity index (χ1) is 8.79. The summed E-state index contributed by atoms with van der Waals surface area (Å²) < 4.78 is 0. The van der Waals surface area contributed by atoms with Crippen LogP contribution in [0.15, 0.2) is 30.6 Å². The molecule has 0 amide bonds. The molecule has 0 spiro atoms. The zero-order chi connectivity index (χ0) is 12.5. The van der Waals surface area contributed by atoms with Gasteiger partial charge in [0.25, 0.3) is 0 Å². The molecule has 2 aromatic rings. The summed E-state index contributed by atoms with van der Waals surface area (Å²) in [4.78, 5) is 6.69. The van der Waals surface area contributed by atoms with Gasteiger partial charge in [0.15, 0.2) is 0 Å². The molecule has 0 radical (unpaired) electrons. The normalized spacial score (nSPS) is 14.9. The second-order valence-electron chi connectivity index (χ2n) is 5.08. The highest BCUT2D eigenvalue weighted by Crippen LogP contribution is 2.35. The minimum absolute atomic E-state index is 0.832. The van der Waals surface area contributed by atoms with Gasteiger partial charge >= 0.3 is 0 Å². The Hall–Kier alpha value is -1.77. The predicted octanol–water partition coefficient (Wildman–Crippen LogP) is 3.05. The highest BCUT2D eigenvalue weighted by molar-refractivity contribution is 6.00. The van der Waals surface area contributed by atoms with Gasteiger partial charge in [0, 0.05) is 47.6 Å². The lowest BCUT2D eigenvalue weighted by molar-refractivity contribution is 0.744. The molecule has 0 bridgehead atoms. The van der Waals surface area contributed by atoms with Crippen molar-refractivity contribution in [1.82, 2.24) is 4.98 Å². The lowest BCUT2D eigenvalue weighted by atomic mass is 10.1. The molecule has 0 aliphatic heterocycles. The Morgan fingerprint density at radius 1 is 1.28 bits per heavy atom. The molecule has 1 saturated carbocycles. The smallest absolute Gasteiger partial charge is 0.0463 e. The first kappa shape index (κ1) is 11.3. The molecule has 3 nitrogen and oxygen atoms in total. The molecular formula is C15H19N3. The predicted molar refractivity (Wildman–Crippen MR) is 76.8 cm³/mol. The average Bonchev–Trinajstić information content (AvgIpc) is 3.21. The number of rotatable bonds is 4. The van der Waals surface area contributed by atoms with E-state index in [4.69, 9.17) is 5.73 Å². The van der Waals surface area contributed by atoms with Crippen molar-refractivity contribution >= 4 is 22.1 Å². The second-order valence-corrected chi connectivity index (χ2v) is 5.08. The molecule has 18 heavy (non-hydrogen) atoms. The van der Waals surface area contributed by atoms with Gasteiger partial charge in [-0.25, -0.2) is 0 Å². The van der Waals surface area contributed by atoms with Gasteiger partial charge in [-0.3, -0.25) is 4.98 Å². The summed E-state index contributed by atoms with van der Waals surface area (Å²) in [6.45, 7) is 4.40. The Morgan fingerprint density at radius 2 is 2.11 bits per heavy atom. The van der Waals surface area contributed by atoms with Crippen LogP contribution in [0.5, 0.6) is 0 Å². The Bertz CT molecular complexity index is 561. The lowest BCUT2D eigenvalue weighted by Gasteiger charge is -2.25. The van der Waals surface area contributed by atoms with Crippen LogP contribution in [0.3, 0.4) is 0 Å². The van der Waals surface area contributed by atoms with Gasteiger partial charge < -0.3 is 10.6 Å². The number of nitrogen functional groups attached to an aromatic ring is 1. The van der Waals surface area contributed by atoms with Gasteiger partial charge in [-0.05, 0) is 43.9 Å². The van der Waals surface area contributed by atoms with Crippen molar-refractivity contribution in [2.75, 3.05) is 23.7 Å². The number of aromatic nitrogens is 1. The van der Waals surface area contributed by atoms with E-state index in [9.17, 15) is 0 Å². The third kappa shape index (κ3) is 2.01. The molecule has 1 aliphatic carbocycles. The van der Waals surface area contributed by atoms with Gasteiger partial charge in [0.1, 0.15) is 0 Å². The zero-order valence-corrected chi connectivity index (χ0v) is 10.8. The fourth-order valence-electron chi connectivity index (χ4n) is 2.48. The number of hydrogen-bond acceptors (Lipinski definition) is 3. The van der Waals surface area contributed by atoms with E-state index in [1.54, 1.807) is 6.20 Å². The number of anilines is 2. The van der Waals surface area contributed by atoms with Crippen LogP contribution in [-0.4, -0.2) is 18.1 Å². The minimum Gasteiger partial charge on any atom is -0.398 e. The maximum Gasteiger partial charge on any atom is 0.0463 e. The van der Waals surface area contributed by atoms with Crippen molar-refractivity contribution in [2.24, 2.45) is 5.92 Å². The van der Waals surface area contributed by atoms with Gasteiger partial charge in [-0.1, -0.05) is 0 Å². The Kier molecular flexibility index (Phi) is 2.82. The maximum absolute atomic E-state index is 6.03. The van der Waals surface area contributed by atoms with E-state index in [-0.39, 0.29) is 0 Å². The van der Waals surface area contributed by atoms with Crippen molar-refractivity contribution in [2.45, 2.75) is 19.8 Å². The third-order valence-corrected chi connectivity index (χ3v) is 3.73. The largest absolute Gasteiger partial charge is 0.398 e. The van der Waals surface area contributed by atoms with Crippen molar-refractivity contribution in [3.05, 3.63) is 30.6 Å². The van der Waals surface area contributed by atoms with E-state index in [1.807, 2.05) is 18.3 Å². The van der Waals surface area contributed by atoms with Crippen LogP contribution in [0.4, 0.5) is 11.4 Å². The van der Waals surface area contributed by atoms with Crippen molar-refractivity contribution in [3.63, 3.8) is 0 Å². The summed E-state index contributed by atoms with van der Waals surface area (Å²) in [6, 6.07) is 6.14. The number of pyridine rings is 1. The van der Waals surface area contributed by atoms with Crippen LogP contribution < -0.4 is 10.6 Å². The Balaban J connectivity index is 2.06. The van der Waals surface area contributed by atoms with E-state index >= 15 is 0 Å². The highest BCUT2D eigenvalue weighted by Gasteiger charge is 2.24. The van der Waals surface area contributed by atoms with Crippen LogP contribution >= 0.6 is 0 Å². The molecule has 0 atom stereocenters. The van der Waals surface area contributed by atoms with Gasteiger partial charge in [-0.15, -0.1) is 0 Å². The van der Waals surface area contributed by atoms with Crippen LogP contribution in [-0.2, 0) is 0 Å². The van der Waals surface area contributed by atoms with Crippen molar-refractivity contribution in [1.29, 1.82) is 0 Å². The van der Waals surface area contributed by atoms with E-state index in [2.05, 4.69) is 22.9 Å². The highest BCUT2D eigenvalue weighted by atomic mass is 15.1. The fraction of sp³-hybridized carbons (Fsp3) is 0.400. The summed E-state index contributed by atoms with van der Waals surface area (Å²) in [7, 11) is 0. The molecule has 1 aromatic heterocycles. The molecule has 1 fully saturated rings. The number of hydrogen-bond donors (Lipinski definition) is 1. The fourth-order valence-corrected chi connectivity index (χ4v) is 2.48. The first-order valence-corrected chi connectivity index (χ1v) is 6.66. The number of nitrogens with two attached hydrogens (primary N) is 1. The quantitative estimate of drug-likeness (QED) is 0.836. The third-order valence-electron chi connectivity index (χ3n) is 3.73. The van der Waals surface area contributed by atoms with Gasteiger partial charge in [0.05, 0.1) is 0 Å². The van der Waals surface area contributed by atoms with Crippen LogP contribution in [0.25, 0.3) is 10.8 Å². The standard InChI is InChI=1S/C15H19N3/c1-2-18(10-11-3-4-11)15-6-5-14(16)12-7-8-17-9-13(12)15/h5-9,11H,2-4,10,16H2,1H3. The monoisotopic (exact) mass is 241 g/mol. The van der Waals surface area contributed by atoms with Gasteiger partial charge in [-0.2, -0.15) is 0 Å². The molecule has 3 heteroatoms. The Morgan fingerprint density at radius 3 is 2.83 bits per heavy atom. The molecule has 0 unspecified atom stereocenters. The second kappa shape index (κ2) is 4.48. The number of nitrogens with zero attached hydrogens (tertiary/aromatic N) is 2. The van der Waals surface area contributed by atoms with E-state index in [0.29, 0.717) is 0 Å². The minimum atomic E-state index is 0.832. The molecule has 94 valence electrons. The molecule has 1 heterocycles. The molecule has 1 aromatic carbocycles. The summed E-state index contributed by atoms with van der Waals surface area (Å²) in [5.74, 6) is 0.884. The molecule has 3 rings (SSSR count). The maximum atomic E-state index is 6.03. The SMILES string of the molecule is CCN(CC1CC1)c1ccc(N)c2ccncc12. The summed E-state index contributed by atoms with van der Waals surface area (Å²) in [5, 5.41) is 2.27. The number of benzene rings is 1. The van der Waals surface area contributed by atoms with Crippen molar-refractivity contribution in [3.8, 4) is 0 Å². The molecular weight excluding hydrogens is 222 g/mol. The summed E-state index contributed by atoms with van der Waals surface area (Å²) >= 11 is 0. The van der Waals surface area contributed by atoms with Gasteiger partial charge in [0.2, 0.25) is 0 Å². The van der Waals surface area contributed by atoms with E-state index < -0.39 is 0 Å². The Labute approximate surface area is 108 Å². The van der Waals surface area contributed by atoms with Crippen LogP contribution in [0, 0.1) is 5.92 Å². The number of fused-ring (bicyclic) bond motifs is 1. The van der Waals surface area contributed by atoms with Crippen LogP contribution in [0.1, 0.15) is 19.8 Å². The van der Waals surface area contributed by atoms with Crippen molar-refractivity contribution < 1.29 is 0 Å².